The zero-order valence-electron chi connectivity index (χ0n) is 11.5. The van der Waals surface area contributed by atoms with E-state index in [9.17, 15) is 4.79 Å². The highest BCUT2D eigenvalue weighted by Crippen LogP contribution is 2.34. The van der Waals surface area contributed by atoms with Gasteiger partial charge >= 0.3 is 0 Å². The highest BCUT2D eigenvalue weighted by Gasteiger charge is 2.31. The predicted molar refractivity (Wildman–Crippen MR) is 73.4 cm³/mol. The molecule has 0 unspecified atom stereocenters. The summed E-state index contributed by atoms with van der Waals surface area (Å²) in [7, 11) is 0. The highest BCUT2D eigenvalue weighted by atomic mass is 16.2. The number of nitrogen functional groups attached to an aromatic ring is 1. The molecule has 0 aromatic carbocycles. The van der Waals surface area contributed by atoms with Crippen LogP contribution in [0.5, 0.6) is 0 Å². The summed E-state index contributed by atoms with van der Waals surface area (Å²) < 4.78 is 0. The summed E-state index contributed by atoms with van der Waals surface area (Å²) in [6, 6.07) is 0. The fourth-order valence-corrected chi connectivity index (χ4v) is 2.28. The summed E-state index contributed by atoms with van der Waals surface area (Å²) in [5.74, 6) is 5.62. The van der Waals surface area contributed by atoms with Crippen LogP contribution < -0.4 is 11.3 Å². The molecule has 0 bridgehead atoms. The summed E-state index contributed by atoms with van der Waals surface area (Å²) >= 11 is 0. The van der Waals surface area contributed by atoms with Crippen molar-refractivity contribution in [3.63, 3.8) is 0 Å². The molecule has 0 aliphatic carbocycles. The van der Waals surface area contributed by atoms with Gasteiger partial charge in [0.1, 0.15) is 5.69 Å². The molecular formula is C13H21N5O. The number of likely N-dealkylation sites (tertiary alicyclic amines) is 1. The highest BCUT2D eigenvalue weighted by molar-refractivity contribution is 5.92. The number of hydrazine groups is 1. The topological polar surface area (TPSA) is 84.1 Å². The molecule has 1 aromatic rings. The van der Waals surface area contributed by atoms with Crippen molar-refractivity contribution in [3.8, 4) is 0 Å². The lowest BCUT2D eigenvalue weighted by Gasteiger charge is -2.38. The van der Waals surface area contributed by atoms with Crippen LogP contribution in [-0.2, 0) is 0 Å². The molecule has 3 N–H and O–H groups in total. The van der Waals surface area contributed by atoms with E-state index in [0.29, 0.717) is 16.9 Å². The third kappa shape index (κ3) is 3.01. The summed E-state index contributed by atoms with van der Waals surface area (Å²) in [6.45, 7) is 6.08. The number of nitrogens with two attached hydrogens (primary N) is 1. The molecule has 2 rings (SSSR count). The van der Waals surface area contributed by atoms with Crippen LogP contribution in [0.2, 0.25) is 0 Å². The largest absolute Gasteiger partial charge is 0.337 e. The molecule has 1 aliphatic rings. The van der Waals surface area contributed by atoms with Gasteiger partial charge in [0.05, 0.1) is 12.4 Å². The van der Waals surface area contributed by atoms with Crippen molar-refractivity contribution in [2.75, 3.05) is 18.5 Å². The maximum Gasteiger partial charge on any atom is 0.274 e. The van der Waals surface area contributed by atoms with Gasteiger partial charge in [0, 0.05) is 13.1 Å². The Balaban J connectivity index is 2.00. The minimum Gasteiger partial charge on any atom is -0.337 e. The van der Waals surface area contributed by atoms with Gasteiger partial charge in [0.25, 0.3) is 5.91 Å². The van der Waals surface area contributed by atoms with Gasteiger partial charge in [-0.15, -0.1) is 0 Å². The van der Waals surface area contributed by atoms with E-state index >= 15 is 0 Å². The smallest absolute Gasteiger partial charge is 0.274 e. The van der Waals surface area contributed by atoms with Gasteiger partial charge in [0.15, 0.2) is 5.82 Å². The second-order valence-corrected chi connectivity index (χ2v) is 5.39. The zero-order chi connectivity index (χ0) is 13.9. The Kier molecular flexibility index (Phi) is 3.99. The van der Waals surface area contributed by atoms with Crippen molar-refractivity contribution >= 4 is 11.7 Å². The number of anilines is 1. The van der Waals surface area contributed by atoms with Crippen LogP contribution in [0.15, 0.2) is 12.4 Å². The monoisotopic (exact) mass is 263 g/mol. The molecule has 6 nitrogen and oxygen atoms in total. The SMILES string of the molecule is CCC1(C)CCN(C(=O)c2cnc(NN)cn2)CC1. The number of hydrogen-bond acceptors (Lipinski definition) is 5. The first-order chi connectivity index (χ1) is 9.08. The molecule has 1 fully saturated rings. The Morgan fingerprint density at radius 1 is 1.42 bits per heavy atom. The Morgan fingerprint density at radius 3 is 2.58 bits per heavy atom. The molecule has 104 valence electrons. The van der Waals surface area contributed by atoms with Gasteiger partial charge in [-0.1, -0.05) is 20.3 Å². The van der Waals surface area contributed by atoms with Crippen molar-refractivity contribution in [1.29, 1.82) is 0 Å². The molecule has 1 amide bonds. The number of rotatable bonds is 3. The predicted octanol–water partition coefficient (Wildman–Crippen LogP) is 1.41. The average Bonchev–Trinajstić information content (AvgIpc) is 2.47. The van der Waals surface area contributed by atoms with Crippen molar-refractivity contribution in [2.45, 2.75) is 33.1 Å². The van der Waals surface area contributed by atoms with E-state index in [0.717, 1.165) is 32.4 Å². The van der Waals surface area contributed by atoms with Gasteiger partial charge in [0.2, 0.25) is 0 Å². The molecule has 1 aliphatic heterocycles. The Labute approximate surface area is 113 Å². The number of piperidine rings is 1. The van der Waals surface area contributed by atoms with Gasteiger partial charge in [-0.3, -0.25) is 4.79 Å². The third-order valence-electron chi connectivity index (χ3n) is 4.13. The summed E-state index contributed by atoms with van der Waals surface area (Å²) in [5.41, 5.74) is 3.14. The summed E-state index contributed by atoms with van der Waals surface area (Å²) in [5, 5.41) is 0. The van der Waals surface area contributed by atoms with Crippen LogP contribution >= 0.6 is 0 Å². The van der Waals surface area contributed by atoms with Crippen molar-refractivity contribution in [3.05, 3.63) is 18.1 Å². The van der Waals surface area contributed by atoms with E-state index in [1.54, 1.807) is 0 Å². The van der Waals surface area contributed by atoms with Crippen molar-refractivity contribution in [1.82, 2.24) is 14.9 Å². The second kappa shape index (κ2) is 5.52. The molecule has 1 saturated heterocycles. The Bertz CT molecular complexity index is 437. The van der Waals surface area contributed by atoms with Gasteiger partial charge in [-0.25, -0.2) is 15.8 Å². The van der Waals surface area contributed by atoms with Gasteiger partial charge < -0.3 is 10.3 Å². The lowest BCUT2D eigenvalue weighted by molar-refractivity contribution is 0.0594. The maximum absolute atomic E-state index is 12.3. The number of carbonyl (C=O) groups excluding carboxylic acids is 1. The van der Waals surface area contributed by atoms with Crippen molar-refractivity contribution in [2.24, 2.45) is 11.3 Å². The fourth-order valence-electron chi connectivity index (χ4n) is 2.28. The molecule has 0 saturated carbocycles. The minimum atomic E-state index is -0.0470. The second-order valence-electron chi connectivity index (χ2n) is 5.39. The molecule has 0 spiro atoms. The summed E-state index contributed by atoms with van der Waals surface area (Å²) in [6.07, 6.45) is 6.18. The van der Waals surface area contributed by atoms with Gasteiger partial charge in [-0.2, -0.15) is 0 Å². The first-order valence-electron chi connectivity index (χ1n) is 6.66. The lowest BCUT2D eigenvalue weighted by atomic mass is 9.78. The van der Waals surface area contributed by atoms with E-state index in [1.807, 2.05) is 4.90 Å². The number of nitrogens with one attached hydrogen (secondary N) is 1. The quantitative estimate of drug-likeness (QED) is 0.636. The first-order valence-corrected chi connectivity index (χ1v) is 6.66. The average molecular weight is 263 g/mol. The summed E-state index contributed by atoms with van der Waals surface area (Å²) in [4.78, 5) is 22.2. The van der Waals surface area contributed by atoms with E-state index in [-0.39, 0.29) is 5.91 Å². The molecular weight excluding hydrogens is 242 g/mol. The van der Waals surface area contributed by atoms with E-state index in [2.05, 4.69) is 29.2 Å². The Morgan fingerprint density at radius 2 is 2.11 bits per heavy atom. The molecule has 1 aromatic heterocycles. The lowest BCUT2D eigenvalue weighted by Crippen LogP contribution is -2.42. The molecule has 2 heterocycles. The number of hydrogen-bond donors (Lipinski definition) is 2. The van der Waals surface area contributed by atoms with Crippen LogP contribution in [0.1, 0.15) is 43.6 Å². The van der Waals surface area contributed by atoms with E-state index in [1.165, 1.54) is 12.4 Å². The van der Waals surface area contributed by atoms with Crippen LogP contribution in [-0.4, -0.2) is 33.9 Å². The van der Waals surface area contributed by atoms with Crippen LogP contribution in [0, 0.1) is 5.41 Å². The molecule has 19 heavy (non-hydrogen) atoms. The number of amides is 1. The fraction of sp³-hybridized carbons (Fsp3) is 0.615. The minimum absolute atomic E-state index is 0.0470. The molecule has 6 heteroatoms. The van der Waals surface area contributed by atoms with E-state index in [4.69, 9.17) is 5.84 Å². The number of carbonyl (C=O) groups is 1. The van der Waals surface area contributed by atoms with Gasteiger partial charge in [-0.05, 0) is 18.3 Å². The maximum atomic E-state index is 12.3. The molecule has 0 radical (unpaired) electrons. The molecule has 0 atom stereocenters. The number of aromatic nitrogens is 2. The first kappa shape index (κ1) is 13.7. The Hall–Kier alpha value is -1.69. The van der Waals surface area contributed by atoms with Crippen LogP contribution in [0.25, 0.3) is 0 Å². The van der Waals surface area contributed by atoms with Crippen LogP contribution in [0.3, 0.4) is 0 Å². The van der Waals surface area contributed by atoms with Crippen LogP contribution in [0.4, 0.5) is 5.82 Å². The van der Waals surface area contributed by atoms with Crippen molar-refractivity contribution < 1.29 is 4.79 Å². The normalized spacial score (nSPS) is 18.2. The number of nitrogens with zero attached hydrogens (tertiary/aromatic N) is 3. The zero-order valence-corrected chi connectivity index (χ0v) is 11.5. The third-order valence-corrected chi connectivity index (χ3v) is 4.13. The van der Waals surface area contributed by atoms with E-state index < -0.39 is 0 Å². The standard InChI is InChI=1S/C13H21N5O/c1-3-13(2)4-6-18(7-5-13)12(19)10-8-16-11(17-14)9-15-10/h8-9H,3-7,14H2,1-2H3,(H,16,17).